The lowest BCUT2D eigenvalue weighted by atomic mass is 9.92. The predicted molar refractivity (Wildman–Crippen MR) is 89.7 cm³/mol. The molecule has 0 N–H and O–H groups in total. The molecule has 0 amide bonds. The second kappa shape index (κ2) is 6.66. The molecule has 3 rings (SSSR count). The fourth-order valence-corrected chi connectivity index (χ4v) is 3.15. The van der Waals surface area contributed by atoms with Crippen LogP contribution in [0.2, 0.25) is 0 Å². The van der Waals surface area contributed by atoms with Crippen molar-refractivity contribution in [1.82, 2.24) is 19.7 Å². The lowest BCUT2D eigenvalue weighted by Crippen LogP contribution is -2.23. The molecular weight excluding hydrogens is 290 g/mol. The fourth-order valence-electron chi connectivity index (χ4n) is 3.15. The Bertz CT molecular complexity index is 669. The van der Waals surface area contributed by atoms with Crippen LogP contribution in [0.5, 0.6) is 0 Å². The van der Waals surface area contributed by atoms with Crippen LogP contribution >= 0.6 is 0 Å². The molecule has 3 heterocycles. The SMILES string of the molecule is CCOC[C@@H]1CN(c2ncc(C)c(C)n2)C[C@H]1c1cnn(C)c1. The van der Waals surface area contributed by atoms with Gasteiger partial charge in [-0.05, 0) is 31.9 Å². The number of anilines is 1. The van der Waals surface area contributed by atoms with Crippen LogP contribution in [0.1, 0.15) is 29.7 Å². The predicted octanol–water partition coefficient (Wildman–Crippen LogP) is 2.08. The molecule has 0 radical (unpaired) electrons. The molecule has 6 nitrogen and oxygen atoms in total. The summed E-state index contributed by atoms with van der Waals surface area (Å²) >= 11 is 0. The van der Waals surface area contributed by atoms with E-state index in [9.17, 15) is 0 Å². The van der Waals surface area contributed by atoms with Crippen LogP contribution in [-0.4, -0.2) is 46.1 Å². The van der Waals surface area contributed by atoms with E-state index >= 15 is 0 Å². The van der Waals surface area contributed by atoms with E-state index in [1.807, 2.05) is 44.9 Å². The first-order valence-electron chi connectivity index (χ1n) is 8.20. The van der Waals surface area contributed by atoms with Crippen molar-refractivity contribution in [3.63, 3.8) is 0 Å². The standard InChI is InChI=1S/C17H25N5O/c1-5-23-11-15-9-22(17-18-6-12(2)13(3)20-17)10-16(15)14-7-19-21(4)8-14/h6-8,15-16H,5,9-11H2,1-4H3/t15-,16-/m0/s1. The van der Waals surface area contributed by atoms with Crippen LogP contribution in [0.4, 0.5) is 5.95 Å². The van der Waals surface area contributed by atoms with Gasteiger partial charge in [-0.1, -0.05) is 0 Å². The molecule has 2 atom stereocenters. The molecule has 0 spiro atoms. The van der Waals surface area contributed by atoms with Gasteiger partial charge >= 0.3 is 0 Å². The number of hydrogen-bond donors (Lipinski definition) is 0. The van der Waals surface area contributed by atoms with Crippen molar-refractivity contribution in [3.8, 4) is 0 Å². The summed E-state index contributed by atoms with van der Waals surface area (Å²) in [7, 11) is 1.96. The molecule has 0 bridgehead atoms. The highest BCUT2D eigenvalue weighted by molar-refractivity contribution is 5.37. The maximum atomic E-state index is 5.71. The van der Waals surface area contributed by atoms with E-state index in [-0.39, 0.29) is 0 Å². The minimum atomic E-state index is 0.403. The van der Waals surface area contributed by atoms with Crippen molar-refractivity contribution in [1.29, 1.82) is 0 Å². The normalized spacial score (nSPS) is 21.1. The summed E-state index contributed by atoms with van der Waals surface area (Å²) in [5.41, 5.74) is 3.44. The van der Waals surface area contributed by atoms with Crippen molar-refractivity contribution < 1.29 is 4.74 Å². The summed E-state index contributed by atoms with van der Waals surface area (Å²) in [5, 5.41) is 4.33. The quantitative estimate of drug-likeness (QED) is 0.845. The van der Waals surface area contributed by atoms with Crippen molar-refractivity contribution in [2.24, 2.45) is 13.0 Å². The number of hydrogen-bond acceptors (Lipinski definition) is 5. The molecule has 0 aromatic carbocycles. The zero-order chi connectivity index (χ0) is 16.4. The monoisotopic (exact) mass is 315 g/mol. The largest absolute Gasteiger partial charge is 0.381 e. The zero-order valence-electron chi connectivity index (χ0n) is 14.4. The van der Waals surface area contributed by atoms with E-state index in [0.29, 0.717) is 11.8 Å². The first-order valence-corrected chi connectivity index (χ1v) is 8.20. The summed E-state index contributed by atoms with van der Waals surface area (Å²) in [6.07, 6.45) is 5.98. The summed E-state index contributed by atoms with van der Waals surface area (Å²) in [5.74, 6) is 1.66. The van der Waals surface area contributed by atoms with Crippen molar-refractivity contribution >= 4 is 5.95 Å². The Hall–Kier alpha value is -1.95. The molecule has 0 aliphatic carbocycles. The van der Waals surface area contributed by atoms with E-state index < -0.39 is 0 Å². The van der Waals surface area contributed by atoms with Crippen LogP contribution in [0, 0.1) is 19.8 Å². The summed E-state index contributed by atoms with van der Waals surface area (Å²) in [6, 6.07) is 0. The molecule has 6 heteroatoms. The number of nitrogens with zero attached hydrogens (tertiary/aromatic N) is 5. The molecule has 0 unspecified atom stereocenters. The molecule has 0 saturated carbocycles. The molecule has 1 aliphatic rings. The average molecular weight is 315 g/mol. The Morgan fingerprint density at radius 1 is 1.26 bits per heavy atom. The van der Waals surface area contributed by atoms with Crippen LogP contribution in [0.15, 0.2) is 18.6 Å². The van der Waals surface area contributed by atoms with E-state index in [1.165, 1.54) is 5.56 Å². The van der Waals surface area contributed by atoms with Gasteiger partial charge in [0.2, 0.25) is 5.95 Å². The van der Waals surface area contributed by atoms with Gasteiger partial charge in [0, 0.05) is 56.7 Å². The Morgan fingerprint density at radius 3 is 2.74 bits per heavy atom. The Kier molecular flexibility index (Phi) is 4.61. The average Bonchev–Trinajstić information content (AvgIpc) is 3.14. The van der Waals surface area contributed by atoms with Crippen LogP contribution < -0.4 is 4.90 Å². The van der Waals surface area contributed by atoms with Crippen molar-refractivity contribution in [3.05, 3.63) is 35.4 Å². The molecular formula is C17H25N5O. The number of aryl methyl sites for hydroxylation is 3. The van der Waals surface area contributed by atoms with Gasteiger partial charge in [-0.3, -0.25) is 4.68 Å². The maximum absolute atomic E-state index is 5.71. The minimum absolute atomic E-state index is 0.403. The molecule has 1 fully saturated rings. The highest BCUT2D eigenvalue weighted by Crippen LogP contribution is 2.34. The van der Waals surface area contributed by atoms with Gasteiger partial charge in [-0.25, -0.2) is 9.97 Å². The summed E-state index contributed by atoms with van der Waals surface area (Å²) in [4.78, 5) is 11.4. The zero-order valence-corrected chi connectivity index (χ0v) is 14.4. The number of rotatable bonds is 5. The van der Waals surface area contributed by atoms with Crippen LogP contribution in [0.3, 0.4) is 0 Å². The third kappa shape index (κ3) is 3.37. The highest BCUT2D eigenvalue weighted by atomic mass is 16.5. The van der Waals surface area contributed by atoms with Gasteiger partial charge < -0.3 is 9.64 Å². The van der Waals surface area contributed by atoms with Gasteiger partial charge in [-0.15, -0.1) is 0 Å². The molecule has 1 saturated heterocycles. The third-order valence-corrected chi connectivity index (χ3v) is 4.62. The second-order valence-electron chi connectivity index (χ2n) is 6.32. The fraction of sp³-hybridized carbons (Fsp3) is 0.588. The molecule has 2 aromatic rings. The topological polar surface area (TPSA) is 56.1 Å². The lowest BCUT2D eigenvalue weighted by molar-refractivity contribution is 0.111. The Labute approximate surface area is 137 Å². The smallest absolute Gasteiger partial charge is 0.225 e. The van der Waals surface area contributed by atoms with E-state index in [2.05, 4.69) is 26.2 Å². The maximum Gasteiger partial charge on any atom is 0.225 e. The van der Waals surface area contributed by atoms with Crippen LogP contribution in [-0.2, 0) is 11.8 Å². The van der Waals surface area contributed by atoms with Gasteiger partial charge in [0.15, 0.2) is 0 Å². The molecule has 2 aromatic heterocycles. The lowest BCUT2D eigenvalue weighted by Gasteiger charge is -2.16. The number of aromatic nitrogens is 4. The van der Waals surface area contributed by atoms with E-state index in [4.69, 9.17) is 4.74 Å². The van der Waals surface area contributed by atoms with E-state index in [1.54, 1.807) is 0 Å². The van der Waals surface area contributed by atoms with Crippen LogP contribution in [0.25, 0.3) is 0 Å². The molecule has 1 aliphatic heterocycles. The minimum Gasteiger partial charge on any atom is -0.381 e. The summed E-state index contributed by atoms with van der Waals surface area (Å²) < 4.78 is 7.57. The number of ether oxygens (including phenoxy) is 1. The van der Waals surface area contributed by atoms with Crippen molar-refractivity contribution in [2.75, 3.05) is 31.2 Å². The van der Waals surface area contributed by atoms with Crippen molar-refractivity contribution in [2.45, 2.75) is 26.7 Å². The molecule has 23 heavy (non-hydrogen) atoms. The van der Waals surface area contributed by atoms with Gasteiger partial charge in [0.1, 0.15) is 0 Å². The first-order chi connectivity index (χ1) is 11.1. The molecule has 124 valence electrons. The third-order valence-electron chi connectivity index (χ3n) is 4.62. The Morgan fingerprint density at radius 2 is 2.09 bits per heavy atom. The second-order valence-corrected chi connectivity index (χ2v) is 6.32. The van der Waals surface area contributed by atoms with Gasteiger partial charge in [0.05, 0.1) is 12.8 Å². The van der Waals surface area contributed by atoms with E-state index in [0.717, 1.165) is 43.5 Å². The highest BCUT2D eigenvalue weighted by Gasteiger charge is 2.35. The Balaban J connectivity index is 1.82. The van der Waals surface area contributed by atoms with Gasteiger partial charge in [-0.2, -0.15) is 5.10 Å². The first kappa shape index (κ1) is 15.9. The van der Waals surface area contributed by atoms with Gasteiger partial charge in [0.25, 0.3) is 0 Å². The summed E-state index contributed by atoms with van der Waals surface area (Å²) in [6.45, 7) is 9.45.